The van der Waals surface area contributed by atoms with Gasteiger partial charge < -0.3 is 9.80 Å². The molecule has 1 aliphatic carbocycles. The van der Waals surface area contributed by atoms with Gasteiger partial charge in [0.25, 0.3) is 0 Å². The third-order valence-corrected chi connectivity index (χ3v) is 10.1. The average molecular weight is 653 g/mol. The number of fused-ring (bicyclic) bond motifs is 3. The fourth-order valence-electron chi connectivity index (χ4n) is 8.02. The van der Waals surface area contributed by atoms with Gasteiger partial charge in [0, 0.05) is 34.0 Å². The van der Waals surface area contributed by atoms with Crippen LogP contribution in [0.5, 0.6) is 0 Å². The van der Waals surface area contributed by atoms with Gasteiger partial charge in [0.05, 0.1) is 11.1 Å². The normalized spacial score (nSPS) is 12.5. The SMILES string of the molecule is c1ccc(N(c2ccccc2)c2cc(N(c3ccccc3)c3ccccc3)c3c(c2)C(c2ccccc2)(c2ccccc2)c2ccccc2-3)cc1. The maximum atomic E-state index is 2.45. The van der Waals surface area contributed by atoms with Crippen molar-refractivity contribution in [1.29, 1.82) is 0 Å². The Morgan fingerprint density at radius 1 is 0.294 bits per heavy atom. The Balaban J connectivity index is 1.47. The first-order valence-electron chi connectivity index (χ1n) is 17.5. The summed E-state index contributed by atoms with van der Waals surface area (Å²) in [4.78, 5) is 4.82. The number of nitrogens with zero attached hydrogens (tertiary/aromatic N) is 2. The summed E-state index contributed by atoms with van der Waals surface area (Å²) in [5, 5.41) is 0. The minimum atomic E-state index is -0.572. The van der Waals surface area contributed by atoms with Crippen LogP contribution < -0.4 is 9.80 Å². The molecular formula is C49H36N2. The van der Waals surface area contributed by atoms with E-state index in [4.69, 9.17) is 0 Å². The van der Waals surface area contributed by atoms with Gasteiger partial charge in [0.15, 0.2) is 0 Å². The molecule has 0 aromatic heterocycles. The summed E-state index contributed by atoms with van der Waals surface area (Å²) in [6, 6.07) is 78.9. The van der Waals surface area contributed by atoms with Gasteiger partial charge in [-0.3, -0.25) is 0 Å². The van der Waals surface area contributed by atoms with Gasteiger partial charge >= 0.3 is 0 Å². The van der Waals surface area contributed by atoms with Gasteiger partial charge in [-0.25, -0.2) is 0 Å². The van der Waals surface area contributed by atoms with Crippen LogP contribution in [0.2, 0.25) is 0 Å². The van der Waals surface area contributed by atoms with Gasteiger partial charge in [-0.1, -0.05) is 158 Å². The topological polar surface area (TPSA) is 6.48 Å². The first kappa shape index (κ1) is 30.4. The molecule has 0 spiro atoms. The molecule has 51 heavy (non-hydrogen) atoms. The smallest absolute Gasteiger partial charge is 0.0715 e. The molecule has 0 bridgehead atoms. The predicted molar refractivity (Wildman–Crippen MR) is 213 cm³/mol. The molecule has 2 heteroatoms. The molecule has 0 heterocycles. The van der Waals surface area contributed by atoms with Crippen molar-refractivity contribution in [2.24, 2.45) is 0 Å². The monoisotopic (exact) mass is 652 g/mol. The van der Waals surface area contributed by atoms with E-state index in [1.165, 1.54) is 33.4 Å². The highest BCUT2D eigenvalue weighted by Crippen LogP contribution is 2.61. The molecule has 0 unspecified atom stereocenters. The van der Waals surface area contributed by atoms with Crippen molar-refractivity contribution >= 4 is 34.1 Å². The Kier molecular flexibility index (Phi) is 7.75. The Morgan fingerprint density at radius 3 is 1.12 bits per heavy atom. The fraction of sp³-hybridized carbons (Fsp3) is 0.0204. The van der Waals surface area contributed by atoms with E-state index < -0.39 is 5.41 Å². The molecule has 0 saturated heterocycles. The lowest BCUT2D eigenvalue weighted by Crippen LogP contribution is -2.29. The molecule has 0 aliphatic heterocycles. The lowest BCUT2D eigenvalue weighted by atomic mass is 9.67. The number of anilines is 6. The number of hydrogen-bond donors (Lipinski definition) is 0. The molecule has 0 amide bonds. The molecule has 9 rings (SSSR count). The van der Waals surface area contributed by atoms with Gasteiger partial charge in [-0.05, 0) is 88.5 Å². The van der Waals surface area contributed by atoms with E-state index >= 15 is 0 Å². The van der Waals surface area contributed by atoms with Crippen LogP contribution in [0.3, 0.4) is 0 Å². The Bertz CT molecular complexity index is 2270. The second kappa shape index (κ2) is 13.0. The largest absolute Gasteiger partial charge is 0.310 e. The molecule has 0 atom stereocenters. The van der Waals surface area contributed by atoms with Crippen molar-refractivity contribution in [2.45, 2.75) is 5.41 Å². The molecule has 8 aromatic rings. The van der Waals surface area contributed by atoms with Crippen molar-refractivity contribution < 1.29 is 0 Å². The molecule has 1 aliphatic rings. The first-order chi connectivity index (χ1) is 25.3. The number of benzene rings is 8. The van der Waals surface area contributed by atoms with Gasteiger partial charge in [0.1, 0.15) is 0 Å². The highest BCUT2D eigenvalue weighted by atomic mass is 15.2. The lowest BCUT2D eigenvalue weighted by Gasteiger charge is -2.36. The third kappa shape index (κ3) is 5.12. The predicted octanol–water partition coefficient (Wildman–Crippen LogP) is 13.0. The van der Waals surface area contributed by atoms with E-state index in [0.29, 0.717) is 0 Å². The van der Waals surface area contributed by atoms with Crippen molar-refractivity contribution in [3.05, 3.63) is 241 Å². The highest BCUT2D eigenvalue weighted by Gasteiger charge is 2.48. The summed E-state index contributed by atoms with van der Waals surface area (Å²) in [6.07, 6.45) is 0. The van der Waals surface area contributed by atoms with E-state index in [1.807, 2.05) is 0 Å². The summed E-state index contributed by atoms with van der Waals surface area (Å²) in [6.45, 7) is 0. The van der Waals surface area contributed by atoms with Crippen LogP contribution in [0.4, 0.5) is 34.1 Å². The zero-order valence-corrected chi connectivity index (χ0v) is 28.2. The maximum absolute atomic E-state index is 2.45. The van der Waals surface area contributed by atoms with Gasteiger partial charge in [-0.2, -0.15) is 0 Å². The molecule has 0 radical (unpaired) electrons. The second-order valence-corrected chi connectivity index (χ2v) is 12.9. The number of rotatable bonds is 8. The first-order valence-corrected chi connectivity index (χ1v) is 17.5. The Hall–Kier alpha value is -6.64. The number of para-hydroxylation sites is 4. The zero-order chi connectivity index (χ0) is 34.0. The van der Waals surface area contributed by atoms with E-state index in [0.717, 1.165) is 34.1 Å². The molecule has 8 aromatic carbocycles. The minimum absolute atomic E-state index is 0.572. The molecule has 0 saturated carbocycles. The highest BCUT2D eigenvalue weighted by molar-refractivity contribution is 6.00. The maximum Gasteiger partial charge on any atom is 0.0715 e. The van der Waals surface area contributed by atoms with Gasteiger partial charge in [0.2, 0.25) is 0 Å². The average Bonchev–Trinajstić information content (AvgIpc) is 3.51. The number of hydrogen-bond acceptors (Lipinski definition) is 2. The Labute approximate surface area is 300 Å². The summed E-state index contributed by atoms with van der Waals surface area (Å²) < 4.78 is 0. The summed E-state index contributed by atoms with van der Waals surface area (Å²) in [5.74, 6) is 0. The minimum Gasteiger partial charge on any atom is -0.310 e. The molecule has 242 valence electrons. The van der Waals surface area contributed by atoms with E-state index in [1.54, 1.807) is 0 Å². The summed E-state index contributed by atoms with van der Waals surface area (Å²) >= 11 is 0. The van der Waals surface area contributed by atoms with E-state index in [-0.39, 0.29) is 0 Å². The Morgan fingerprint density at radius 2 is 0.667 bits per heavy atom. The summed E-state index contributed by atoms with van der Waals surface area (Å²) in [7, 11) is 0. The van der Waals surface area contributed by atoms with Crippen LogP contribution in [0.1, 0.15) is 22.3 Å². The fourth-order valence-corrected chi connectivity index (χ4v) is 8.02. The van der Waals surface area contributed by atoms with Crippen LogP contribution in [-0.4, -0.2) is 0 Å². The molecule has 2 nitrogen and oxygen atoms in total. The van der Waals surface area contributed by atoms with Crippen LogP contribution in [0, 0.1) is 0 Å². The standard InChI is InChI=1S/C49H36N2/c1-7-21-37(22-8-1)49(38-23-9-2-10-24-38)45-34-20-19-33-44(45)48-46(49)35-43(50(39-25-11-3-12-26-39)40-27-13-4-14-28-40)36-47(48)51(41-29-15-5-16-30-41)42-31-17-6-18-32-42/h1-36H. The van der Waals surface area contributed by atoms with E-state index in [2.05, 4.69) is 228 Å². The van der Waals surface area contributed by atoms with Crippen molar-refractivity contribution in [3.8, 4) is 11.1 Å². The van der Waals surface area contributed by atoms with Crippen molar-refractivity contribution in [1.82, 2.24) is 0 Å². The second-order valence-electron chi connectivity index (χ2n) is 12.9. The van der Waals surface area contributed by atoms with Crippen LogP contribution in [0.15, 0.2) is 218 Å². The van der Waals surface area contributed by atoms with Crippen molar-refractivity contribution in [2.75, 3.05) is 9.80 Å². The molecule has 0 fully saturated rings. The van der Waals surface area contributed by atoms with Gasteiger partial charge in [-0.15, -0.1) is 0 Å². The third-order valence-electron chi connectivity index (χ3n) is 10.1. The lowest BCUT2D eigenvalue weighted by molar-refractivity contribution is 0.768. The molecular weight excluding hydrogens is 617 g/mol. The van der Waals surface area contributed by atoms with Crippen LogP contribution >= 0.6 is 0 Å². The van der Waals surface area contributed by atoms with Crippen LogP contribution in [0.25, 0.3) is 11.1 Å². The quantitative estimate of drug-likeness (QED) is 0.161. The zero-order valence-electron chi connectivity index (χ0n) is 28.2. The summed E-state index contributed by atoms with van der Waals surface area (Å²) in [5.41, 5.74) is 13.5. The van der Waals surface area contributed by atoms with E-state index in [9.17, 15) is 0 Å². The molecule has 0 N–H and O–H groups in total. The van der Waals surface area contributed by atoms with Crippen LogP contribution in [-0.2, 0) is 5.41 Å². The van der Waals surface area contributed by atoms with Crippen molar-refractivity contribution in [3.63, 3.8) is 0 Å².